The summed E-state index contributed by atoms with van der Waals surface area (Å²) in [5, 5.41) is 19.7. The third-order valence-electron chi connectivity index (χ3n) is 5.01. The largest absolute Gasteiger partial charge is 0.493 e. The van der Waals surface area contributed by atoms with Crippen LogP contribution in [-0.4, -0.2) is 56.8 Å². The van der Waals surface area contributed by atoms with Gasteiger partial charge >= 0.3 is 0 Å². The minimum atomic E-state index is -0.392. The first-order valence-corrected chi connectivity index (χ1v) is 15.0. The maximum absolute atomic E-state index is 12.0. The molecule has 14 heteroatoms. The molecule has 2 radical (unpaired) electrons. The topological polar surface area (TPSA) is 126 Å². The molecule has 0 bridgehead atoms. The first-order chi connectivity index (χ1) is 19.6. The molecule has 0 fully saturated rings. The summed E-state index contributed by atoms with van der Waals surface area (Å²) in [4.78, 5) is 27.1. The van der Waals surface area contributed by atoms with Gasteiger partial charge in [0.15, 0.2) is 5.16 Å². The third-order valence-corrected chi connectivity index (χ3v) is 6.09. The van der Waals surface area contributed by atoms with Crippen LogP contribution in [0.1, 0.15) is 27.7 Å². The van der Waals surface area contributed by atoms with Gasteiger partial charge < -0.3 is 14.6 Å². The zero-order valence-corrected chi connectivity index (χ0v) is 31.5. The van der Waals surface area contributed by atoms with Gasteiger partial charge in [-0.3, -0.25) is 14.8 Å². The minimum absolute atomic E-state index is 0. The van der Waals surface area contributed by atoms with Crippen molar-refractivity contribution in [3.05, 3.63) is 83.4 Å². The molecule has 0 spiro atoms. The molecule has 4 heterocycles. The Morgan fingerprint density at radius 3 is 1.93 bits per heavy atom. The standard InChI is InChI=1S/C12H10N4O2S.C12H8N4S.2C2H6.2Y/c1-19-12-14-11-13-9(17)8(10(18)16(11)15-12)7-5-3-2-4-6-7;1-17-12-14-11-13-7-10(8-16(11)15-12)9-5-3-2-4-6-9;2*1-2;;/h2-6,18H,1H3,(H,13,14,15,17);2-6H,1H3;2*1-2H3;;/q;-2;;;;. The van der Waals surface area contributed by atoms with Crippen LogP contribution in [0.25, 0.3) is 33.8 Å². The zero-order valence-electron chi connectivity index (χ0n) is 24.2. The summed E-state index contributed by atoms with van der Waals surface area (Å²) < 4.78 is 2.79. The van der Waals surface area contributed by atoms with E-state index in [0.717, 1.165) is 11.1 Å². The molecule has 6 aromatic rings. The van der Waals surface area contributed by atoms with E-state index in [4.69, 9.17) is 0 Å². The first kappa shape index (κ1) is 38.1. The van der Waals surface area contributed by atoms with Gasteiger partial charge in [0, 0.05) is 65.4 Å². The molecule has 6 rings (SSSR count). The number of rotatable bonds is 4. The van der Waals surface area contributed by atoms with E-state index in [1.165, 1.54) is 28.0 Å². The summed E-state index contributed by atoms with van der Waals surface area (Å²) in [6.07, 6.45) is 9.79. The monoisotopic (exact) mass is 752 g/mol. The summed E-state index contributed by atoms with van der Waals surface area (Å²) in [6.45, 7) is 8.00. The van der Waals surface area contributed by atoms with E-state index in [1.54, 1.807) is 28.8 Å². The number of thioether (sulfide) groups is 2. The molecule has 0 aliphatic heterocycles. The molecule has 0 saturated carbocycles. The number of nitrogens with one attached hydrogen (secondary N) is 1. The molecule has 42 heavy (non-hydrogen) atoms. The molecular weight excluding hydrogens is 722 g/mol. The fourth-order valence-electron chi connectivity index (χ4n) is 3.33. The predicted molar refractivity (Wildman–Crippen MR) is 161 cm³/mol. The van der Waals surface area contributed by atoms with Gasteiger partial charge in [-0.2, -0.15) is 32.6 Å². The van der Waals surface area contributed by atoms with Crippen molar-refractivity contribution in [2.75, 3.05) is 12.5 Å². The van der Waals surface area contributed by atoms with Crippen LogP contribution >= 0.6 is 23.5 Å². The number of benzene rings is 2. The van der Waals surface area contributed by atoms with Gasteiger partial charge in [-0.1, -0.05) is 99.7 Å². The van der Waals surface area contributed by atoms with Crippen molar-refractivity contribution in [2.45, 2.75) is 38.0 Å². The molecule has 0 unspecified atom stereocenters. The van der Waals surface area contributed by atoms with E-state index in [9.17, 15) is 9.90 Å². The van der Waals surface area contributed by atoms with Crippen molar-refractivity contribution < 1.29 is 70.5 Å². The molecule has 4 aromatic heterocycles. The van der Waals surface area contributed by atoms with E-state index in [2.05, 4.69) is 42.5 Å². The van der Waals surface area contributed by atoms with E-state index in [-0.39, 0.29) is 82.6 Å². The summed E-state index contributed by atoms with van der Waals surface area (Å²) in [7, 11) is 0. The second-order valence-corrected chi connectivity index (χ2v) is 8.79. The number of fused-ring (bicyclic) bond motifs is 2. The van der Waals surface area contributed by atoms with Gasteiger partial charge in [0.1, 0.15) is 5.56 Å². The Morgan fingerprint density at radius 1 is 0.810 bits per heavy atom. The zero-order chi connectivity index (χ0) is 29.1. The fourth-order valence-corrected chi connectivity index (χ4v) is 4.01. The Morgan fingerprint density at radius 2 is 1.36 bits per heavy atom. The van der Waals surface area contributed by atoms with Gasteiger partial charge in [-0.25, -0.2) is 5.56 Å². The quantitative estimate of drug-likeness (QED) is 0.173. The third kappa shape index (κ3) is 9.27. The predicted octanol–water partition coefficient (Wildman–Crippen LogP) is 5.67. The molecule has 0 atom stereocenters. The number of hydrogen-bond donors (Lipinski definition) is 2. The average Bonchev–Trinajstić information content (AvgIpc) is 3.64. The van der Waals surface area contributed by atoms with Gasteiger partial charge in [-0.15, -0.1) is 17.2 Å². The van der Waals surface area contributed by atoms with E-state index in [0.29, 0.717) is 21.7 Å². The second kappa shape index (κ2) is 19.4. The van der Waals surface area contributed by atoms with Crippen LogP contribution in [0.3, 0.4) is 0 Å². The number of H-pyrrole nitrogens is 1. The average molecular weight is 753 g/mol. The van der Waals surface area contributed by atoms with Crippen molar-refractivity contribution in [3.8, 4) is 28.1 Å². The number of aromatic hydroxyl groups is 1. The molecular formula is C28H30N8O2S2Y2-2. The van der Waals surface area contributed by atoms with Crippen LogP contribution in [0.5, 0.6) is 5.88 Å². The molecule has 0 saturated heterocycles. The van der Waals surface area contributed by atoms with E-state index < -0.39 is 5.56 Å². The van der Waals surface area contributed by atoms with Crippen molar-refractivity contribution in [1.82, 2.24) is 39.2 Å². The van der Waals surface area contributed by atoms with Crippen LogP contribution in [0.2, 0.25) is 0 Å². The van der Waals surface area contributed by atoms with Gasteiger partial charge in [0.2, 0.25) is 16.8 Å². The number of nitrogens with zero attached hydrogens (tertiary/aromatic N) is 7. The van der Waals surface area contributed by atoms with Gasteiger partial charge in [0.05, 0.1) is 5.78 Å². The van der Waals surface area contributed by atoms with Crippen LogP contribution < -0.4 is 5.56 Å². The summed E-state index contributed by atoms with van der Waals surface area (Å²) in [5.74, 6) is 0.540. The summed E-state index contributed by atoms with van der Waals surface area (Å²) >= 11 is 2.81. The number of aromatic nitrogens is 8. The maximum Gasteiger partial charge on any atom is 0.264 e. The van der Waals surface area contributed by atoms with Crippen LogP contribution in [0, 0.1) is 12.4 Å². The Labute approximate surface area is 303 Å². The van der Waals surface area contributed by atoms with Crippen molar-refractivity contribution in [3.63, 3.8) is 0 Å². The molecule has 2 N–H and O–H groups in total. The first-order valence-electron chi connectivity index (χ1n) is 12.6. The van der Waals surface area contributed by atoms with Crippen LogP contribution in [-0.2, 0) is 65.4 Å². The molecule has 2 aromatic carbocycles. The van der Waals surface area contributed by atoms with Crippen LogP contribution in [0.15, 0.2) is 75.8 Å². The smallest absolute Gasteiger partial charge is 0.264 e. The molecule has 214 valence electrons. The second-order valence-electron chi connectivity index (χ2n) is 7.24. The minimum Gasteiger partial charge on any atom is -0.493 e. The van der Waals surface area contributed by atoms with Crippen molar-refractivity contribution >= 4 is 35.1 Å². The van der Waals surface area contributed by atoms with E-state index >= 15 is 0 Å². The van der Waals surface area contributed by atoms with Crippen molar-refractivity contribution in [2.24, 2.45) is 0 Å². The normalized spacial score (nSPS) is 9.67. The fraction of sp³-hybridized carbons (Fsp3) is 0.214. The molecule has 0 aliphatic carbocycles. The van der Waals surface area contributed by atoms with Crippen molar-refractivity contribution in [1.29, 1.82) is 0 Å². The Hall–Kier alpha value is -1.95. The Balaban J connectivity index is 0.000000362. The number of aromatic amines is 1. The Bertz CT molecular complexity index is 1710. The maximum atomic E-state index is 12.0. The summed E-state index contributed by atoms with van der Waals surface area (Å²) in [6, 6.07) is 18.8. The number of hydrogen-bond acceptors (Lipinski definition) is 9. The SMILES string of the molecule is CC.CC.CSc1nc2[nH]c(=O)c(-c3ccccc3)c(O)n2n1.CSc1nc2n[c-]c(-c3ccccc3)[c-]n2n1.[Y].[Y]. The van der Waals surface area contributed by atoms with Gasteiger partial charge in [-0.05, 0) is 18.1 Å². The molecule has 0 aliphatic rings. The molecule has 0 amide bonds. The van der Waals surface area contributed by atoms with Gasteiger partial charge in [0.25, 0.3) is 5.56 Å². The van der Waals surface area contributed by atoms with Crippen LogP contribution in [0.4, 0.5) is 0 Å². The Kier molecular flexibility index (Phi) is 17.5. The van der Waals surface area contributed by atoms with E-state index in [1.807, 2.05) is 76.6 Å². The molecule has 10 nitrogen and oxygen atoms in total. The summed E-state index contributed by atoms with van der Waals surface area (Å²) in [5.41, 5.74) is 2.23.